The van der Waals surface area contributed by atoms with Crippen LogP contribution in [-0.2, 0) is 6.42 Å². The molecular weight excluding hydrogens is 372 g/mol. The molecule has 1 amide bonds. The predicted octanol–water partition coefficient (Wildman–Crippen LogP) is 3.25. The molecule has 1 fully saturated rings. The van der Waals surface area contributed by atoms with Crippen molar-refractivity contribution in [3.63, 3.8) is 0 Å². The molecule has 1 aliphatic heterocycles. The van der Waals surface area contributed by atoms with Gasteiger partial charge in [-0.15, -0.1) is 0 Å². The number of aromatic amines is 1. The summed E-state index contributed by atoms with van der Waals surface area (Å²) in [6, 6.07) is 4.84. The minimum absolute atomic E-state index is 0.0718. The number of hydrogen-bond donors (Lipinski definition) is 2. The van der Waals surface area contributed by atoms with E-state index in [2.05, 4.69) is 4.98 Å². The third kappa shape index (κ3) is 4.04. The van der Waals surface area contributed by atoms with Crippen LogP contribution in [0.2, 0.25) is 0 Å². The smallest absolute Gasteiger partial charge is 0.335 e. The molecule has 1 aromatic carbocycles. The van der Waals surface area contributed by atoms with Crippen LogP contribution in [0.1, 0.15) is 61.4 Å². The van der Waals surface area contributed by atoms with E-state index in [1.54, 1.807) is 26.2 Å². The fourth-order valence-corrected chi connectivity index (χ4v) is 4.15. The first-order valence-electron chi connectivity index (χ1n) is 9.62. The van der Waals surface area contributed by atoms with E-state index >= 15 is 0 Å². The molecule has 3 rings (SSSR count). The highest BCUT2D eigenvalue weighted by Crippen LogP contribution is 2.29. The van der Waals surface area contributed by atoms with E-state index in [-0.39, 0.29) is 23.2 Å². The zero-order valence-corrected chi connectivity index (χ0v) is 17.2. The van der Waals surface area contributed by atoms with Gasteiger partial charge < -0.3 is 19.7 Å². The number of ether oxygens (including phenoxy) is 1. The van der Waals surface area contributed by atoms with Crippen molar-refractivity contribution in [3.8, 4) is 5.75 Å². The molecule has 0 bridgehead atoms. The zero-order valence-electron chi connectivity index (χ0n) is 17.2. The lowest BCUT2D eigenvalue weighted by Crippen LogP contribution is -2.29. The van der Waals surface area contributed by atoms with Crippen molar-refractivity contribution in [3.05, 3.63) is 51.8 Å². The maximum atomic E-state index is 13.1. The van der Waals surface area contributed by atoms with Gasteiger partial charge in [-0.05, 0) is 61.9 Å². The number of nitrogens with zero attached hydrogens (tertiary/aromatic N) is 1. The Kier molecular flexibility index (Phi) is 5.77. The monoisotopic (exact) mass is 398 g/mol. The molecule has 2 heterocycles. The molecule has 1 atom stereocenters. The summed E-state index contributed by atoms with van der Waals surface area (Å²) in [4.78, 5) is 41.0. The number of benzene rings is 1. The molecule has 0 saturated carbocycles. The van der Waals surface area contributed by atoms with Crippen LogP contribution in [-0.4, -0.2) is 52.8 Å². The van der Waals surface area contributed by atoms with Crippen molar-refractivity contribution in [1.29, 1.82) is 0 Å². The highest BCUT2D eigenvalue weighted by Gasteiger charge is 2.31. The van der Waals surface area contributed by atoms with Crippen molar-refractivity contribution < 1.29 is 24.2 Å². The summed E-state index contributed by atoms with van der Waals surface area (Å²) in [5, 5.41) is 9.25. The molecule has 1 saturated heterocycles. The second-order valence-corrected chi connectivity index (χ2v) is 7.62. The third-order valence-corrected chi connectivity index (χ3v) is 5.61. The average Bonchev–Trinajstić information content (AvgIpc) is 3.25. The first-order valence-corrected chi connectivity index (χ1v) is 9.62. The Bertz CT molecular complexity index is 976. The van der Waals surface area contributed by atoms with E-state index in [1.807, 2.05) is 11.8 Å². The number of aromatic nitrogens is 1. The first kappa shape index (κ1) is 20.6. The Labute approximate surface area is 169 Å². The highest BCUT2D eigenvalue weighted by molar-refractivity contribution is 6.02. The standard InChI is InChI=1S/C22H26N2O5/c1-12-19(13(2)23-20(12)14(3)25)21(26)24-8-7-15(11-24)9-17-10-16(22(27)28)5-6-18(17)29-4/h5-6,10,15,23H,7-9,11H2,1-4H3,(H,27,28). The molecule has 154 valence electrons. The summed E-state index contributed by atoms with van der Waals surface area (Å²) in [5.74, 6) is -0.268. The largest absolute Gasteiger partial charge is 0.496 e. The Balaban J connectivity index is 1.76. The Morgan fingerprint density at radius 1 is 1.28 bits per heavy atom. The topological polar surface area (TPSA) is 99.7 Å². The van der Waals surface area contributed by atoms with Gasteiger partial charge in [0.15, 0.2) is 5.78 Å². The van der Waals surface area contributed by atoms with Crippen molar-refractivity contribution in [1.82, 2.24) is 9.88 Å². The number of aryl methyl sites for hydroxylation is 1. The fraction of sp³-hybridized carbons (Fsp3) is 0.409. The number of nitrogens with one attached hydrogen (secondary N) is 1. The SMILES string of the molecule is COc1ccc(C(=O)O)cc1CC1CCN(C(=O)c2c(C)[nH]c(C(C)=O)c2C)C1. The van der Waals surface area contributed by atoms with Gasteiger partial charge in [0.25, 0.3) is 5.91 Å². The van der Waals surface area contributed by atoms with Crippen LogP contribution in [0.4, 0.5) is 0 Å². The molecule has 0 spiro atoms. The van der Waals surface area contributed by atoms with Gasteiger partial charge in [0.05, 0.1) is 23.9 Å². The van der Waals surface area contributed by atoms with Gasteiger partial charge in [-0.2, -0.15) is 0 Å². The lowest BCUT2D eigenvalue weighted by molar-refractivity contribution is 0.0695. The number of amides is 1. The highest BCUT2D eigenvalue weighted by atomic mass is 16.5. The summed E-state index contributed by atoms with van der Waals surface area (Å²) in [7, 11) is 1.56. The second-order valence-electron chi connectivity index (χ2n) is 7.62. The normalized spacial score (nSPS) is 16.1. The van der Waals surface area contributed by atoms with Crippen LogP contribution in [0.15, 0.2) is 18.2 Å². The number of Topliss-reactive ketones (excluding diaryl/α,β-unsaturated/α-hetero) is 1. The first-order chi connectivity index (χ1) is 13.7. The molecule has 0 aliphatic carbocycles. The molecular formula is C22H26N2O5. The van der Waals surface area contributed by atoms with Crippen LogP contribution >= 0.6 is 0 Å². The molecule has 2 N–H and O–H groups in total. The number of rotatable bonds is 6. The van der Waals surface area contributed by atoms with Gasteiger partial charge in [0, 0.05) is 25.7 Å². The van der Waals surface area contributed by atoms with Crippen molar-refractivity contribution in [2.24, 2.45) is 5.92 Å². The van der Waals surface area contributed by atoms with E-state index in [9.17, 15) is 19.5 Å². The Hall–Kier alpha value is -3.09. The van der Waals surface area contributed by atoms with Gasteiger partial charge in [-0.1, -0.05) is 0 Å². The van der Waals surface area contributed by atoms with Crippen LogP contribution in [0.5, 0.6) is 5.75 Å². The fourth-order valence-electron chi connectivity index (χ4n) is 4.15. The molecule has 7 heteroatoms. The number of H-pyrrole nitrogens is 1. The lowest BCUT2D eigenvalue weighted by Gasteiger charge is -2.18. The van der Waals surface area contributed by atoms with E-state index in [1.165, 1.54) is 13.0 Å². The number of carboxylic acids is 1. The number of aromatic carboxylic acids is 1. The van der Waals surface area contributed by atoms with E-state index in [0.29, 0.717) is 47.8 Å². The Morgan fingerprint density at radius 3 is 2.59 bits per heavy atom. The van der Waals surface area contributed by atoms with Crippen LogP contribution < -0.4 is 4.74 Å². The number of methoxy groups -OCH3 is 1. The molecule has 0 radical (unpaired) electrons. The molecule has 2 aromatic rings. The van der Waals surface area contributed by atoms with Crippen molar-refractivity contribution in [2.45, 2.75) is 33.6 Å². The predicted molar refractivity (Wildman–Crippen MR) is 108 cm³/mol. The molecule has 29 heavy (non-hydrogen) atoms. The van der Waals surface area contributed by atoms with E-state index in [4.69, 9.17) is 4.74 Å². The third-order valence-electron chi connectivity index (χ3n) is 5.61. The summed E-state index contributed by atoms with van der Waals surface area (Å²) in [6.07, 6.45) is 1.46. The van der Waals surface area contributed by atoms with E-state index < -0.39 is 5.97 Å². The summed E-state index contributed by atoms with van der Waals surface area (Å²) in [5.41, 5.74) is 3.51. The van der Waals surface area contributed by atoms with Gasteiger partial charge >= 0.3 is 5.97 Å². The van der Waals surface area contributed by atoms with Gasteiger partial charge in [-0.3, -0.25) is 9.59 Å². The number of ketones is 1. The van der Waals surface area contributed by atoms with E-state index in [0.717, 1.165) is 12.0 Å². The number of carbonyl (C=O) groups is 3. The summed E-state index contributed by atoms with van der Waals surface area (Å²) < 4.78 is 5.38. The molecule has 1 aromatic heterocycles. The minimum atomic E-state index is -0.975. The van der Waals surface area contributed by atoms with Crippen molar-refractivity contribution in [2.75, 3.05) is 20.2 Å². The quantitative estimate of drug-likeness (QED) is 0.728. The number of hydrogen-bond acceptors (Lipinski definition) is 4. The summed E-state index contributed by atoms with van der Waals surface area (Å²) >= 11 is 0. The van der Waals surface area contributed by atoms with Crippen LogP contribution in [0.25, 0.3) is 0 Å². The summed E-state index contributed by atoms with van der Waals surface area (Å²) in [6.45, 7) is 6.30. The lowest BCUT2D eigenvalue weighted by atomic mass is 9.96. The maximum Gasteiger partial charge on any atom is 0.335 e. The van der Waals surface area contributed by atoms with Gasteiger partial charge in [0.1, 0.15) is 5.75 Å². The maximum absolute atomic E-state index is 13.1. The average molecular weight is 398 g/mol. The van der Waals surface area contributed by atoms with Crippen LogP contribution in [0, 0.1) is 19.8 Å². The van der Waals surface area contributed by atoms with Gasteiger partial charge in [0.2, 0.25) is 0 Å². The van der Waals surface area contributed by atoms with Crippen LogP contribution in [0.3, 0.4) is 0 Å². The zero-order chi connectivity index (χ0) is 21.3. The number of carbonyl (C=O) groups excluding carboxylic acids is 2. The number of carboxylic acid groups (broad SMARTS) is 1. The minimum Gasteiger partial charge on any atom is -0.496 e. The van der Waals surface area contributed by atoms with Gasteiger partial charge in [-0.25, -0.2) is 4.79 Å². The number of likely N-dealkylation sites (tertiary alicyclic amines) is 1. The molecule has 1 aliphatic rings. The Morgan fingerprint density at radius 2 is 2.00 bits per heavy atom. The molecule has 7 nitrogen and oxygen atoms in total. The second kappa shape index (κ2) is 8.11. The van der Waals surface area contributed by atoms with Crippen molar-refractivity contribution >= 4 is 17.7 Å². The molecule has 1 unspecified atom stereocenters.